The molecule has 1 aliphatic carbocycles. The number of halogens is 1. The number of aryl methyl sites for hydroxylation is 1. The molecule has 132 valence electrons. The summed E-state index contributed by atoms with van der Waals surface area (Å²) in [5, 5.41) is 3.51. The highest BCUT2D eigenvalue weighted by atomic mass is 35.5. The Bertz CT molecular complexity index is 591. The molecule has 4 heteroatoms. The van der Waals surface area contributed by atoms with E-state index in [2.05, 4.69) is 41.4 Å². The number of rotatable bonds is 1. The molecule has 3 nitrogen and oxygen atoms in total. The first kappa shape index (κ1) is 17.8. The molecule has 2 aliphatic heterocycles. The van der Waals surface area contributed by atoms with Crippen LogP contribution >= 0.6 is 12.4 Å². The van der Waals surface area contributed by atoms with Crippen molar-refractivity contribution in [3.8, 4) is 0 Å². The van der Waals surface area contributed by atoms with Crippen LogP contribution in [-0.4, -0.2) is 37.0 Å². The van der Waals surface area contributed by atoms with Gasteiger partial charge in [-0.15, -0.1) is 12.4 Å². The zero-order chi connectivity index (χ0) is 15.9. The summed E-state index contributed by atoms with van der Waals surface area (Å²) in [5.41, 5.74) is 2.62. The van der Waals surface area contributed by atoms with Crippen molar-refractivity contribution in [3.63, 3.8) is 0 Å². The molecule has 2 fully saturated rings. The van der Waals surface area contributed by atoms with Gasteiger partial charge in [-0.05, 0) is 68.2 Å². The third-order valence-corrected chi connectivity index (χ3v) is 6.47. The molecule has 1 amide bonds. The highest BCUT2D eigenvalue weighted by molar-refractivity contribution is 5.85. The van der Waals surface area contributed by atoms with Crippen LogP contribution < -0.4 is 5.32 Å². The predicted molar refractivity (Wildman–Crippen MR) is 99.5 cm³/mol. The van der Waals surface area contributed by atoms with Gasteiger partial charge in [0.1, 0.15) is 0 Å². The largest absolute Gasteiger partial charge is 0.342 e. The Morgan fingerprint density at radius 1 is 1.12 bits per heavy atom. The summed E-state index contributed by atoms with van der Waals surface area (Å²) in [6.45, 7) is 6.41. The molecule has 4 rings (SSSR count). The van der Waals surface area contributed by atoms with Crippen molar-refractivity contribution in [2.75, 3.05) is 26.2 Å². The van der Waals surface area contributed by atoms with E-state index in [0.29, 0.717) is 5.91 Å². The van der Waals surface area contributed by atoms with Gasteiger partial charge in [0.05, 0.1) is 5.41 Å². The number of nitrogens with one attached hydrogen (secondary N) is 1. The van der Waals surface area contributed by atoms with Crippen molar-refractivity contribution in [3.05, 3.63) is 35.4 Å². The average Bonchev–Trinajstić information content (AvgIpc) is 2.93. The standard InChI is InChI=1S/C20H28N2O.ClH/c1-20(9-6-15-4-2-3-5-16(15)12-20)19(23)22-10-7-17-13-21-14-18(17)8-11-22;/h2-5,17-18,21H,6-14H2,1H3;1H/t17-,18+,20?;. The molecule has 1 unspecified atom stereocenters. The van der Waals surface area contributed by atoms with E-state index in [1.807, 2.05) is 0 Å². The molecule has 0 radical (unpaired) electrons. The Morgan fingerprint density at radius 2 is 1.75 bits per heavy atom. The zero-order valence-corrected chi connectivity index (χ0v) is 15.4. The van der Waals surface area contributed by atoms with Crippen LogP contribution in [0.5, 0.6) is 0 Å². The lowest BCUT2D eigenvalue weighted by atomic mass is 9.72. The Labute approximate surface area is 151 Å². The Balaban J connectivity index is 0.00000169. The van der Waals surface area contributed by atoms with Gasteiger partial charge in [0.25, 0.3) is 0 Å². The van der Waals surface area contributed by atoms with Crippen LogP contribution in [-0.2, 0) is 17.6 Å². The molecule has 1 aromatic rings. The molecule has 0 spiro atoms. The van der Waals surface area contributed by atoms with Crippen LogP contribution in [0.15, 0.2) is 24.3 Å². The molecule has 3 atom stereocenters. The maximum Gasteiger partial charge on any atom is 0.228 e. The summed E-state index contributed by atoms with van der Waals surface area (Å²) in [4.78, 5) is 15.5. The second kappa shape index (κ2) is 7.05. The molecule has 24 heavy (non-hydrogen) atoms. The molecule has 1 N–H and O–H groups in total. The van der Waals surface area contributed by atoms with E-state index in [-0.39, 0.29) is 17.8 Å². The summed E-state index contributed by atoms with van der Waals surface area (Å²) in [6.07, 6.45) is 5.30. The van der Waals surface area contributed by atoms with Gasteiger partial charge < -0.3 is 10.2 Å². The first-order chi connectivity index (χ1) is 11.2. The van der Waals surface area contributed by atoms with Crippen LogP contribution in [0.2, 0.25) is 0 Å². The summed E-state index contributed by atoms with van der Waals surface area (Å²) in [5.74, 6) is 1.97. The lowest BCUT2D eigenvalue weighted by Crippen LogP contribution is -2.46. The highest BCUT2D eigenvalue weighted by Gasteiger charge is 2.41. The second-order valence-corrected chi connectivity index (χ2v) is 8.05. The van der Waals surface area contributed by atoms with Gasteiger partial charge in [-0.25, -0.2) is 0 Å². The van der Waals surface area contributed by atoms with Gasteiger partial charge in [-0.2, -0.15) is 0 Å². The molecular formula is C20H29ClN2O. The van der Waals surface area contributed by atoms with Crippen molar-refractivity contribution in [1.29, 1.82) is 0 Å². The van der Waals surface area contributed by atoms with E-state index in [0.717, 1.165) is 57.3 Å². The SMILES string of the molecule is CC1(C(=O)N2CC[C@@H]3CNC[C@@H]3CC2)CCc2ccccc2C1.Cl. The van der Waals surface area contributed by atoms with E-state index in [1.165, 1.54) is 24.0 Å². The minimum atomic E-state index is -0.202. The van der Waals surface area contributed by atoms with Crippen molar-refractivity contribution in [1.82, 2.24) is 10.2 Å². The number of likely N-dealkylation sites (tertiary alicyclic amines) is 1. The smallest absolute Gasteiger partial charge is 0.228 e. The van der Waals surface area contributed by atoms with Crippen LogP contribution in [0, 0.1) is 17.3 Å². The van der Waals surface area contributed by atoms with Crippen molar-refractivity contribution in [2.24, 2.45) is 17.3 Å². The summed E-state index contributed by atoms with van der Waals surface area (Å²) < 4.78 is 0. The maximum atomic E-state index is 13.3. The quantitative estimate of drug-likeness (QED) is 0.846. The number of amides is 1. The number of carbonyl (C=O) groups excluding carboxylic acids is 1. The van der Waals surface area contributed by atoms with Crippen LogP contribution in [0.4, 0.5) is 0 Å². The van der Waals surface area contributed by atoms with Crippen molar-refractivity contribution >= 4 is 18.3 Å². The molecule has 1 aromatic carbocycles. The van der Waals surface area contributed by atoms with Crippen LogP contribution in [0.3, 0.4) is 0 Å². The van der Waals surface area contributed by atoms with Crippen molar-refractivity contribution < 1.29 is 4.79 Å². The first-order valence-electron chi connectivity index (χ1n) is 9.23. The lowest BCUT2D eigenvalue weighted by molar-refractivity contribution is -0.142. The fraction of sp³-hybridized carbons (Fsp3) is 0.650. The Hall–Kier alpha value is -1.06. The highest BCUT2D eigenvalue weighted by Crippen LogP contribution is 2.38. The van der Waals surface area contributed by atoms with Gasteiger partial charge in [-0.3, -0.25) is 4.79 Å². The van der Waals surface area contributed by atoms with Gasteiger partial charge in [0, 0.05) is 13.1 Å². The number of nitrogens with zero attached hydrogens (tertiary/aromatic N) is 1. The Morgan fingerprint density at radius 3 is 2.42 bits per heavy atom. The average molecular weight is 349 g/mol. The monoisotopic (exact) mass is 348 g/mol. The summed E-state index contributed by atoms with van der Waals surface area (Å²) >= 11 is 0. The Kier molecular flexibility index (Phi) is 5.22. The summed E-state index contributed by atoms with van der Waals surface area (Å²) in [7, 11) is 0. The minimum absolute atomic E-state index is 0. The predicted octanol–water partition coefficient (Wildman–Crippen LogP) is 3.06. The topological polar surface area (TPSA) is 32.3 Å². The van der Waals surface area contributed by atoms with E-state index >= 15 is 0 Å². The number of hydrogen-bond donors (Lipinski definition) is 1. The molecule has 0 aromatic heterocycles. The number of benzene rings is 1. The van der Waals surface area contributed by atoms with Gasteiger partial charge in [-0.1, -0.05) is 31.2 Å². The van der Waals surface area contributed by atoms with Crippen LogP contribution in [0.1, 0.15) is 37.3 Å². The molecule has 0 bridgehead atoms. The normalized spacial score (nSPS) is 32.3. The first-order valence-corrected chi connectivity index (χ1v) is 9.23. The van der Waals surface area contributed by atoms with E-state index in [1.54, 1.807) is 0 Å². The molecule has 2 heterocycles. The van der Waals surface area contributed by atoms with E-state index in [4.69, 9.17) is 0 Å². The molecule has 2 saturated heterocycles. The molecule has 3 aliphatic rings. The van der Waals surface area contributed by atoms with Crippen LogP contribution in [0.25, 0.3) is 0 Å². The third-order valence-electron chi connectivity index (χ3n) is 6.47. The maximum absolute atomic E-state index is 13.3. The zero-order valence-electron chi connectivity index (χ0n) is 14.6. The lowest BCUT2D eigenvalue weighted by Gasteiger charge is -2.38. The van der Waals surface area contributed by atoms with E-state index < -0.39 is 0 Å². The fourth-order valence-corrected chi connectivity index (χ4v) is 4.88. The van der Waals surface area contributed by atoms with E-state index in [9.17, 15) is 4.79 Å². The van der Waals surface area contributed by atoms with Crippen molar-refractivity contribution in [2.45, 2.75) is 39.0 Å². The van der Waals surface area contributed by atoms with Gasteiger partial charge in [0.15, 0.2) is 0 Å². The second-order valence-electron chi connectivity index (χ2n) is 8.05. The number of hydrogen-bond acceptors (Lipinski definition) is 2. The molecule has 0 saturated carbocycles. The molecular weight excluding hydrogens is 320 g/mol. The number of fused-ring (bicyclic) bond motifs is 2. The summed E-state index contributed by atoms with van der Waals surface area (Å²) in [6, 6.07) is 8.65. The minimum Gasteiger partial charge on any atom is -0.342 e. The third kappa shape index (κ3) is 3.21. The number of carbonyl (C=O) groups is 1. The fourth-order valence-electron chi connectivity index (χ4n) is 4.88. The van der Waals surface area contributed by atoms with Gasteiger partial charge >= 0.3 is 0 Å². The van der Waals surface area contributed by atoms with Gasteiger partial charge in [0.2, 0.25) is 5.91 Å².